The average molecular weight is 751 g/mol. The molecule has 0 radical (unpaired) electrons. The number of rotatable bonds is 8. The summed E-state index contributed by atoms with van der Waals surface area (Å²) in [6.07, 6.45) is 0.924. The fourth-order valence-electron chi connectivity index (χ4n) is 8.02. The molecule has 2 atom stereocenters. The zero-order valence-corrected chi connectivity index (χ0v) is 32.3. The minimum absolute atomic E-state index is 0.0589. The zero-order valence-electron chi connectivity index (χ0n) is 31.5. The Morgan fingerprint density at radius 1 is 0.456 bits per heavy atom. The number of benzene rings is 7. The van der Waals surface area contributed by atoms with E-state index in [1.807, 2.05) is 17.4 Å². The van der Waals surface area contributed by atoms with Crippen LogP contribution >= 0.6 is 11.3 Å². The number of amidine groups is 1. The number of thiophene rings is 1. The van der Waals surface area contributed by atoms with Gasteiger partial charge in [0.15, 0.2) is 11.7 Å². The Morgan fingerprint density at radius 2 is 1.04 bits per heavy atom. The molecule has 7 aromatic carbocycles. The van der Waals surface area contributed by atoms with Crippen LogP contribution in [0.2, 0.25) is 0 Å². The van der Waals surface area contributed by atoms with Crippen LogP contribution in [-0.4, -0.2) is 21.5 Å². The van der Waals surface area contributed by atoms with E-state index in [2.05, 4.69) is 189 Å². The van der Waals surface area contributed by atoms with Gasteiger partial charge in [0.25, 0.3) is 0 Å². The van der Waals surface area contributed by atoms with Crippen molar-refractivity contribution < 1.29 is 0 Å². The van der Waals surface area contributed by atoms with Gasteiger partial charge >= 0.3 is 0 Å². The van der Waals surface area contributed by atoms with E-state index < -0.39 is 0 Å². The maximum absolute atomic E-state index is 5.38. The van der Waals surface area contributed by atoms with Crippen molar-refractivity contribution in [3.8, 4) is 45.0 Å². The van der Waals surface area contributed by atoms with Gasteiger partial charge in [0, 0.05) is 48.3 Å². The average Bonchev–Trinajstić information content (AvgIpc) is 3.67. The zero-order chi connectivity index (χ0) is 38.1. The molecule has 5 heteroatoms. The van der Waals surface area contributed by atoms with Crippen LogP contribution in [0, 0.1) is 5.92 Å². The normalized spacial score (nSPS) is 15.4. The maximum atomic E-state index is 5.38. The van der Waals surface area contributed by atoms with Gasteiger partial charge in [-0.2, -0.15) is 0 Å². The highest BCUT2D eigenvalue weighted by atomic mass is 32.1. The van der Waals surface area contributed by atoms with Crippen molar-refractivity contribution >= 4 is 43.1 Å². The van der Waals surface area contributed by atoms with Gasteiger partial charge in [-0.3, -0.25) is 4.99 Å². The molecule has 3 heterocycles. The Kier molecular flexibility index (Phi) is 9.13. The standard InChI is InChI=1S/C52H38N4S/c1-2-42-49(37-17-8-4-9-18-37)55-52(56-50(42)38-19-10-5-11-20-38)41-22-14-21-40(31-41)51-53-45(36-27-25-35(26-28-36)34-15-6-3-7-16-34)33-46(54-51)39-29-30-44-43-23-12-13-24-47(43)57-48(44)32-39/h3-33,42,49H,2H2,1H3. The Bertz CT molecular complexity index is 2930. The molecule has 0 saturated heterocycles. The van der Waals surface area contributed by atoms with E-state index in [1.165, 1.54) is 36.9 Å². The fraction of sp³-hybridized carbons (Fsp3) is 0.0769. The predicted molar refractivity (Wildman–Crippen MR) is 239 cm³/mol. The van der Waals surface area contributed by atoms with Crippen LogP contribution in [0.3, 0.4) is 0 Å². The molecule has 4 nitrogen and oxygen atoms in total. The molecule has 0 fully saturated rings. The summed E-state index contributed by atoms with van der Waals surface area (Å²) in [5, 5.41) is 2.55. The number of hydrogen-bond donors (Lipinski definition) is 0. The molecule has 2 unspecified atom stereocenters. The second kappa shape index (κ2) is 15.0. The first-order valence-electron chi connectivity index (χ1n) is 19.5. The molecular weight excluding hydrogens is 713 g/mol. The Morgan fingerprint density at radius 3 is 1.79 bits per heavy atom. The molecule has 272 valence electrons. The van der Waals surface area contributed by atoms with Crippen LogP contribution in [0.4, 0.5) is 0 Å². The van der Waals surface area contributed by atoms with Gasteiger partial charge in [-0.25, -0.2) is 15.0 Å². The molecule has 1 aliphatic heterocycles. The number of hydrogen-bond acceptors (Lipinski definition) is 5. The lowest BCUT2D eigenvalue weighted by Gasteiger charge is -2.30. The van der Waals surface area contributed by atoms with Crippen molar-refractivity contribution in [3.05, 3.63) is 205 Å². The molecule has 0 amide bonds. The van der Waals surface area contributed by atoms with Crippen LogP contribution in [-0.2, 0) is 0 Å². The van der Waals surface area contributed by atoms with Crippen molar-refractivity contribution in [1.29, 1.82) is 0 Å². The summed E-state index contributed by atoms with van der Waals surface area (Å²) in [7, 11) is 0. The van der Waals surface area contributed by atoms with E-state index in [-0.39, 0.29) is 12.0 Å². The van der Waals surface area contributed by atoms with Crippen LogP contribution in [0.1, 0.15) is 36.1 Å². The van der Waals surface area contributed by atoms with Crippen LogP contribution in [0.25, 0.3) is 65.2 Å². The molecule has 0 saturated carbocycles. The summed E-state index contributed by atoms with van der Waals surface area (Å²) >= 11 is 1.82. The smallest absolute Gasteiger partial charge is 0.160 e. The van der Waals surface area contributed by atoms with Gasteiger partial charge in [-0.1, -0.05) is 171 Å². The van der Waals surface area contributed by atoms with Crippen molar-refractivity contribution in [2.24, 2.45) is 15.9 Å². The lowest BCUT2D eigenvalue weighted by molar-refractivity contribution is 0.532. The summed E-state index contributed by atoms with van der Waals surface area (Å²) in [5.74, 6) is 1.52. The highest BCUT2D eigenvalue weighted by Crippen LogP contribution is 2.39. The summed E-state index contributed by atoms with van der Waals surface area (Å²) in [4.78, 5) is 21.2. The third-order valence-electron chi connectivity index (χ3n) is 10.9. The Labute approximate surface area is 336 Å². The summed E-state index contributed by atoms with van der Waals surface area (Å²) < 4.78 is 2.53. The first-order valence-corrected chi connectivity index (χ1v) is 20.3. The minimum atomic E-state index is -0.0589. The fourth-order valence-corrected chi connectivity index (χ4v) is 9.16. The van der Waals surface area contributed by atoms with Crippen molar-refractivity contribution in [1.82, 2.24) is 9.97 Å². The van der Waals surface area contributed by atoms with E-state index in [1.54, 1.807) is 0 Å². The Hall–Kier alpha value is -6.82. The lowest BCUT2D eigenvalue weighted by atomic mass is 9.83. The second-order valence-electron chi connectivity index (χ2n) is 14.5. The number of nitrogens with zero attached hydrogens (tertiary/aromatic N) is 4. The topological polar surface area (TPSA) is 50.5 Å². The van der Waals surface area contributed by atoms with Crippen molar-refractivity contribution in [2.45, 2.75) is 19.4 Å². The van der Waals surface area contributed by atoms with Gasteiger partial charge in [0.1, 0.15) is 0 Å². The van der Waals surface area contributed by atoms with Gasteiger partial charge < -0.3 is 0 Å². The van der Waals surface area contributed by atoms with E-state index in [4.69, 9.17) is 20.0 Å². The van der Waals surface area contributed by atoms with E-state index in [0.717, 1.165) is 57.2 Å². The Balaban J connectivity index is 1.10. The molecular formula is C52H38N4S. The van der Waals surface area contributed by atoms with Crippen LogP contribution in [0.5, 0.6) is 0 Å². The van der Waals surface area contributed by atoms with Gasteiger partial charge in [-0.05, 0) is 52.9 Å². The molecule has 0 spiro atoms. The molecule has 10 rings (SSSR count). The second-order valence-corrected chi connectivity index (χ2v) is 15.6. The lowest BCUT2D eigenvalue weighted by Crippen LogP contribution is -2.28. The first kappa shape index (κ1) is 34.7. The number of aromatic nitrogens is 2. The molecule has 9 aromatic rings. The molecule has 0 aliphatic carbocycles. The van der Waals surface area contributed by atoms with Gasteiger partial charge in [0.2, 0.25) is 0 Å². The SMILES string of the molecule is CCC1C(c2ccccc2)=NC(c2cccc(-c3nc(-c4ccc(-c5ccccc5)cc4)cc(-c4ccc5c(c4)sc4ccccc45)n3)c2)=NC1c1ccccc1. The molecule has 57 heavy (non-hydrogen) atoms. The number of aliphatic imine (C=N–C) groups is 2. The van der Waals surface area contributed by atoms with E-state index in [9.17, 15) is 0 Å². The highest BCUT2D eigenvalue weighted by Gasteiger charge is 2.31. The van der Waals surface area contributed by atoms with Gasteiger partial charge in [-0.15, -0.1) is 11.3 Å². The van der Waals surface area contributed by atoms with E-state index in [0.29, 0.717) is 5.82 Å². The van der Waals surface area contributed by atoms with Crippen molar-refractivity contribution in [2.75, 3.05) is 0 Å². The van der Waals surface area contributed by atoms with E-state index >= 15 is 0 Å². The maximum Gasteiger partial charge on any atom is 0.160 e. The molecule has 0 N–H and O–H groups in total. The first-order chi connectivity index (χ1) is 28.2. The quantitative estimate of drug-likeness (QED) is 0.155. The monoisotopic (exact) mass is 750 g/mol. The van der Waals surface area contributed by atoms with Gasteiger partial charge in [0.05, 0.1) is 23.1 Å². The number of fused-ring (bicyclic) bond motifs is 3. The molecule has 1 aliphatic rings. The minimum Gasteiger partial charge on any atom is -0.257 e. The summed E-state index contributed by atoms with van der Waals surface area (Å²) in [6.45, 7) is 2.23. The third kappa shape index (κ3) is 6.77. The highest BCUT2D eigenvalue weighted by molar-refractivity contribution is 7.25. The summed E-state index contributed by atoms with van der Waals surface area (Å²) in [5.41, 5.74) is 11.4. The largest absolute Gasteiger partial charge is 0.257 e. The van der Waals surface area contributed by atoms with Crippen molar-refractivity contribution in [3.63, 3.8) is 0 Å². The summed E-state index contributed by atoms with van der Waals surface area (Å²) in [6, 6.07) is 66.1. The van der Waals surface area contributed by atoms with Crippen LogP contribution in [0.15, 0.2) is 198 Å². The molecule has 0 bridgehead atoms. The van der Waals surface area contributed by atoms with Crippen LogP contribution < -0.4 is 0 Å². The molecule has 2 aromatic heterocycles. The predicted octanol–water partition coefficient (Wildman–Crippen LogP) is 13.5. The third-order valence-corrected chi connectivity index (χ3v) is 12.1.